The third kappa shape index (κ3) is 4.50. The number of urea groups is 1. The number of amides is 2. The molecule has 27 heavy (non-hydrogen) atoms. The molecule has 1 aromatic carbocycles. The van der Waals surface area contributed by atoms with Crippen LogP contribution in [-0.2, 0) is 6.18 Å². The second kappa shape index (κ2) is 7.85. The zero-order valence-electron chi connectivity index (χ0n) is 14.7. The Morgan fingerprint density at radius 3 is 2.93 bits per heavy atom. The molecule has 1 aliphatic heterocycles. The van der Waals surface area contributed by atoms with E-state index >= 15 is 0 Å². The number of aromatic amines is 1. The second-order valence-corrected chi connectivity index (χ2v) is 6.23. The Morgan fingerprint density at radius 2 is 2.26 bits per heavy atom. The summed E-state index contributed by atoms with van der Waals surface area (Å²) in [5, 5.41) is 9.16. The van der Waals surface area contributed by atoms with Crippen molar-refractivity contribution in [1.82, 2.24) is 20.1 Å². The number of carbonyl (C=O) groups is 1. The maximum absolute atomic E-state index is 13.2. The first kappa shape index (κ1) is 19.0. The van der Waals surface area contributed by atoms with Gasteiger partial charge >= 0.3 is 12.2 Å². The van der Waals surface area contributed by atoms with E-state index in [-0.39, 0.29) is 24.0 Å². The molecule has 2 N–H and O–H groups in total. The Kier molecular flexibility index (Phi) is 5.52. The van der Waals surface area contributed by atoms with Crippen LogP contribution in [0.1, 0.15) is 37.1 Å². The number of anilines is 1. The van der Waals surface area contributed by atoms with Gasteiger partial charge in [-0.2, -0.15) is 18.3 Å². The average molecular weight is 383 g/mol. The molecule has 0 bridgehead atoms. The first-order valence-electron chi connectivity index (χ1n) is 8.63. The quantitative estimate of drug-likeness (QED) is 0.845. The van der Waals surface area contributed by atoms with Crippen molar-refractivity contribution in [2.75, 3.05) is 25.0 Å². The Balaban J connectivity index is 1.71. The fourth-order valence-corrected chi connectivity index (χ4v) is 3.11. The Bertz CT molecular complexity index is 779. The van der Waals surface area contributed by atoms with Crippen LogP contribution in [0.4, 0.5) is 23.7 Å². The highest BCUT2D eigenvalue weighted by Crippen LogP contribution is 2.38. The summed E-state index contributed by atoms with van der Waals surface area (Å²) in [5.74, 6) is 0.470. The molecule has 7 nitrogen and oxygen atoms in total. The maximum atomic E-state index is 13.2. The molecule has 2 amide bonds. The minimum atomic E-state index is -4.58. The third-order valence-corrected chi connectivity index (χ3v) is 4.37. The summed E-state index contributed by atoms with van der Waals surface area (Å²) in [6.45, 7) is 2.67. The van der Waals surface area contributed by atoms with E-state index in [9.17, 15) is 18.0 Å². The molecule has 0 aliphatic carbocycles. The van der Waals surface area contributed by atoms with Gasteiger partial charge < -0.3 is 15.0 Å². The van der Waals surface area contributed by atoms with Gasteiger partial charge in [0, 0.05) is 24.7 Å². The number of aromatic nitrogens is 3. The SMILES string of the molecule is CCOc1ccc(NC(=O)N2CCCC(c3ncn[nH]3)C2)cc1C(F)(F)F. The number of rotatable bonds is 4. The summed E-state index contributed by atoms with van der Waals surface area (Å²) in [7, 11) is 0. The van der Waals surface area contributed by atoms with E-state index in [0.29, 0.717) is 18.9 Å². The summed E-state index contributed by atoms with van der Waals surface area (Å²) in [6.07, 6.45) is -1.53. The highest BCUT2D eigenvalue weighted by atomic mass is 19.4. The summed E-state index contributed by atoms with van der Waals surface area (Å²) < 4.78 is 44.7. The van der Waals surface area contributed by atoms with Crippen LogP contribution in [0.3, 0.4) is 0 Å². The van der Waals surface area contributed by atoms with Crippen LogP contribution in [0.2, 0.25) is 0 Å². The molecule has 0 spiro atoms. The van der Waals surface area contributed by atoms with Gasteiger partial charge in [0.25, 0.3) is 0 Å². The molecule has 2 heterocycles. The van der Waals surface area contributed by atoms with Gasteiger partial charge in [0.15, 0.2) is 0 Å². The molecule has 1 aromatic heterocycles. The fraction of sp³-hybridized carbons (Fsp3) is 0.471. The zero-order chi connectivity index (χ0) is 19.4. The fourth-order valence-electron chi connectivity index (χ4n) is 3.11. The molecular weight excluding hydrogens is 363 g/mol. The lowest BCUT2D eigenvalue weighted by Crippen LogP contribution is -2.41. The number of alkyl halides is 3. The highest BCUT2D eigenvalue weighted by molar-refractivity contribution is 5.89. The van der Waals surface area contributed by atoms with Crippen LogP contribution in [0.5, 0.6) is 5.75 Å². The number of hydrogen-bond acceptors (Lipinski definition) is 4. The van der Waals surface area contributed by atoms with E-state index < -0.39 is 17.8 Å². The number of halogens is 3. The summed E-state index contributed by atoms with van der Waals surface area (Å²) in [5.41, 5.74) is -0.849. The number of hydrogen-bond donors (Lipinski definition) is 2. The van der Waals surface area contributed by atoms with Gasteiger partial charge in [0.2, 0.25) is 0 Å². The second-order valence-electron chi connectivity index (χ2n) is 6.23. The molecule has 1 unspecified atom stereocenters. The minimum absolute atomic E-state index is 0.0260. The predicted molar refractivity (Wildman–Crippen MR) is 91.6 cm³/mol. The molecule has 0 saturated carbocycles. The number of nitrogens with zero attached hydrogens (tertiary/aromatic N) is 3. The number of benzene rings is 1. The number of ether oxygens (including phenoxy) is 1. The molecule has 2 aromatic rings. The standard InChI is InChI=1S/C17H20F3N5O2/c1-2-27-14-6-5-12(8-13(14)17(18,19)20)23-16(26)25-7-3-4-11(9-25)15-21-10-22-24-15/h5-6,8,10-11H,2-4,7,9H2,1H3,(H,23,26)(H,21,22,24). The number of nitrogens with one attached hydrogen (secondary N) is 2. The Labute approximate surface area is 153 Å². The van der Waals surface area contributed by atoms with Crippen LogP contribution in [0.25, 0.3) is 0 Å². The van der Waals surface area contributed by atoms with Crippen LogP contribution in [0, 0.1) is 0 Å². The van der Waals surface area contributed by atoms with Gasteiger partial charge in [0.05, 0.1) is 12.2 Å². The van der Waals surface area contributed by atoms with E-state index in [0.717, 1.165) is 18.9 Å². The minimum Gasteiger partial charge on any atom is -0.493 e. The van der Waals surface area contributed by atoms with E-state index in [1.807, 2.05) is 0 Å². The van der Waals surface area contributed by atoms with Crippen molar-refractivity contribution >= 4 is 11.7 Å². The van der Waals surface area contributed by atoms with Crippen molar-refractivity contribution in [2.45, 2.75) is 31.9 Å². The smallest absolute Gasteiger partial charge is 0.420 e. The molecule has 1 atom stereocenters. The third-order valence-electron chi connectivity index (χ3n) is 4.37. The van der Waals surface area contributed by atoms with Gasteiger partial charge in [-0.1, -0.05) is 0 Å². The lowest BCUT2D eigenvalue weighted by molar-refractivity contribution is -0.138. The molecule has 1 aliphatic rings. The first-order chi connectivity index (χ1) is 12.9. The molecule has 1 saturated heterocycles. The van der Waals surface area contributed by atoms with Crippen LogP contribution in [-0.4, -0.2) is 45.8 Å². The lowest BCUT2D eigenvalue weighted by Gasteiger charge is -2.31. The lowest BCUT2D eigenvalue weighted by atomic mass is 9.98. The van der Waals surface area contributed by atoms with Crippen LogP contribution in [0.15, 0.2) is 24.5 Å². The van der Waals surface area contributed by atoms with Gasteiger partial charge in [-0.15, -0.1) is 0 Å². The van der Waals surface area contributed by atoms with E-state index in [1.165, 1.54) is 18.5 Å². The van der Waals surface area contributed by atoms with E-state index in [4.69, 9.17) is 4.74 Å². The molecule has 1 fully saturated rings. The van der Waals surface area contributed by atoms with Crippen molar-refractivity contribution in [3.05, 3.63) is 35.9 Å². The molecule has 10 heteroatoms. The normalized spacial score (nSPS) is 17.6. The van der Waals surface area contributed by atoms with E-state index in [1.54, 1.807) is 11.8 Å². The van der Waals surface area contributed by atoms with Crippen molar-refractivity contribution < 1.29 is 22.7 Å². The largest absolute Gasteiger partial charge is 0.493 e. The van der Waals surface area contributed by atoms with Gasteiger partial charge in [-0.3, -0.25) is 5.10 Å². The topological polar surface area (TPSA) is 83.1 Å². The van der Waals surface area contributed by atoms with Crippen molar-refractivity contribution in [3.63, 3.8) is 0 Å². The molecular formula is C17H20F3N5O2. The first-order valence-corrected chi connectivity index (χ1v) is 8.63. The van der Waals surface area contributed by atoms with Gasteiger partial charge in [-0.25, -0.2) is 9.78 Å². The van der Waals surface area contributed by atoms with E-state index in [2.05, 4.69) is 20.5 Å². The Hall–Kier alpha value is -2.78. The zero-order valence-corrected chi connectivity index (χ0v) is 14.7. The molecule has 0 radical (unpaired) electrons. The maximum Gasteiger partial charge on any atom is 0.420 e. The predicted octanol–water partition coefficient (Wildman–Crippen LogP) is 3.63. The summed E-state index contributed by atoms with van der Waals surface area (Å²) in [6, 6.07) is 3.06. The monoisotopic (exact) mass is 383 g/mol. The molecule has 3 rings (SSSR count). The highest BCUT2D eigenvalue weighted by Gasteiger charge is 2.35. The number of carbonyl (C=O) groups excluding carboxylic acids is 1. The van der Waals surface area contributed by atoms with Crippen molar-refractivity contribution in [1.29, 1.82) is 0 Å². The number of likely N-dealkylation sites (tertiary alicyclic amines) is 1. The van der Waals surface area contributed by atoms with Gasteiger partial charge in [-0.05, 0) is 38.0 Å². The molecule has 146 valence electrons. The Morgan fingerprint density at radius 1 is 1.44 bits per heavy atom. The van der Waals surface area contributed by atoms with Gasteiger partial charge in [0.1, 0.15) is 17.9 Å². The number of H-pyrrole nitrogens is 1. The van der Waals surface area contributed by atoms with Crippen molar-refractivity contribution in [3.8, 4) is 5.75 Å². The van der Waals surface area contributed by atoms with Crippen LogP contribution >= 0.6 is 0 Å². The summed E-state index contributed by atoms with van der Waals surface area (Å²) >= 11 is 0. The average Bonchev–Trinajstić information content (AvgIpc) is 3.17. The van der Waals surface area contributed by atoms with Crippen molar-refractivity contribution in [2.24, 2.45) is 0 Å². The van der Waals surface area contributed by atoms with Crippen LogP contribution < -0.4 is 10.1 Å². The number of piperidine rings is 1. The summed E-state index contributed by atoms with van der Waals surface area (Å²) in [4.78, 5) is 18.2.